The molecule has 1 aliphatic rings. The van der Waals surface area contributed by atoms with Gasteiger partial charge in [0.2, 0.25) is 5.91 Å². The van der Waals surface area contributed by atoms with Crippen LogP contribution in [0.5, 0.6) is 0 Å². The third-order valence-corrected chi connectivity index (χ3v) is 6.17. The fraction of sp³-hybridized carbons (Fsp3) is 0.231. The fourth-order valence-corrected chi connectivity index (χ4v) is 4.19. The SMILES string of the molecule is N#Cc1ccnc(N2CCN(C(=O)CC(NC(=O)c3ccccc3Cl)c3ccccc3)CC2)c1. The van der Waals surface area contributed by atoms with Gasteiger partial charge in [0.1, 0.15) is 5.82 Å². The van der Waals surface area contributed by atoms with Gasteiger partial charge in [-0.1, -0.05) is 54.1 Å². The van der Waals surface area contributed by atoms with E-state index in [1.807, 2.05) is 35.2 Å². The van der Waals surface area contributed by atoms with Crippen LogP contribution in [-0.2, 0) is 4.79 Å². The number of carbonyl (C=O) groups excluding carboxylic acids is 2. The van der Waals surface area contributed by atoms with E-state index in [0.717, 1.165) is 11.4 Å². The van der Waals surface area contributed by atoms with Crippen LogP contribution in [-0.4, -0.2) is 47.9 Å². The molecule has 0 radical (unpaired) electrons. The fourth-order valence-electron chi connectivity index (χ4n) is 3.97. The number of nitrogens with zero attached hydrogens (tertiary/aromatic N) is 4. The molecule has 0 aliphatic carbocycles. The van der Waals surface area contributed by atoms with E-state index in [0.29, 0.717) is 42.3 Å². The summed E-state index contributed by atoms with van der Waals surface area (Å²) in [7, 11) is 0. The first kappa shape index (κ1) is 23.3. The molecule has 1 unspecified atom stereocenters. The first-order chi connectivity index (χ1) is 16.5. The van der Waals surface area contributed by atoms with Crippen molar-refractivity contribution in [3.8, 4) is 6.07 Å². The molecule has 0 saturated carbocycles. The Kier molecular flexibility index (Phi) is 7.41. The standard InChI is InChI=1S/C26H24ClN5O2/c27-22-9-5-4-8-21(22)26(34)30-23(20-6-2-1-3-7-20)17-25(33)32-14-12-31(13-15-32)24-16-19(18-28)10-11-29-24/h1-11,16,23H,12-15,17H2,(H,30,34). The van der Waals surface area contributed by atoms with E-state index in [4.69, 9.17) is 16.9 Å². The zero-order valence-electron chi connectivity index (χ0n) is 18.5. The van der Waals surface area contributed by atoms with Crippen LogP contribution in [0.4, 0.5) is 5.82 Å². The Labute approximate surface area is 203 Å². The van der Waals surface area contributed by atoms with Crippen LogP contribution in [0.3, 0.4) is 0 Å². The van der Waals surface area contributed by atoms with Crippen LogP contribution >= 0.6 is 11.6 Å². The first-order valence-electron chi connectivity index (χ1n) is 11.0. The van der Waals surface area contributed by atoms with Gasteiger partial charge in [0, 0.05) is 32.4 Å². The van der Waals surface area contributed by atoms with Crippen LogP contribution in [0.2, 0.25) is 5.02 Å². The third kappa shape index (κ3) is 5.53. The lowest BCUT2D eigenvalue weighted by Gasteiger charge is -2.36. The van der Waals surface area contributed by atoms with Gasteiger partial charge in [-0.2, -0.15) is 5.26 Å². The molecule has 1 aromatic heterocycles. The minimum Gasteiger partial charge on any atom is -0.353 e. The van der Waals surface area contributed by atoms with E-state index in [9.17, 15) is 9.59 Å². The molecule has 1 fully saturated rings. The lowest BCUT2D eigenvalue weighted by atomic mass is 10.0. The largest absolute Gasteiger partial charge is 0.353 e. The molecule has 1 N–H and O–H groups in total. The van der Waals surface area contributed by atoms with Crippen molar-refractivity contribution in [2.24, 2.45) is 0 Å². The molecule has 3 aromatic rings. The molecule has 0 bridgehead atoms. The summed E-state index contributed by atoms with van der Waals surface area (Å²) in [5.41, 5.74) is 1.79. The van der Waals surface area contributed by atoms with Gasteiger partial charge in [0.05, 0.1) is 34.7 Å². The maximum atomic E-state index is 13.2. The number of benzene rings is 2. The van der Waals surface area contributed by atoms with E-state index < -0.39 is 6.04 Å². The zero-order chi connectivity index (χ0) is 23.9. The Balaban J connectivity index is 1.42. The Morgan fingerprint density at radius 3 is 2.44 bits per heavy atom. The molecule has 2 amide bonds. The Morgan fingerprint density at radius 2 is 1.74 bits per heavy atom. The number of hydrogen-bond donors (Lipinski definition) is 1. The lowest BCUT2D eigenvalue weighted by Crippen LogP contribution is -2.49. The number of pyridine rings is 1. The molecule has 2 aromatic carbocycles. The second-order valence-electron chi connectivity index (χ2n) is 8.00. The highest BCUT2D eigenvalue weighted by atomic mass is 35.5. The number of rotatable bonds is 6. The molecule has 1 saturated heterocycles. The van der Waals surface area contributed by atoms with Gasteiger partial charge < -0.3 is 15.1 Å². The number of nitriles is 1. The van der Waals surface area contributed by atoms with Crippen molar-refractivity contribution >= 4 is 29.2 Å². The average molecular weight is 474 g/mol. The van der Waals surface area contributed by atoms with E-state index >= 15 is 0 Å². The average Bonchev–Trinajstić information content (AvgIpc) is 2.89. The number of carbonyl (C=O) groups is 2. The molecule has 1 atom stereocenters. The molecule has 0 spiro atoms. The lowest BCUT2D eigenvalue weighted by molar-refractivity contribution is -0.132. The van der Waals surface area contributed by atoms with Crippen LogP contribution in [0, 0.1) is 11.3 Å². The number of amides is 2. The van der Waals surface area contributed by atoms with Crippen LogP contribution in [0.1, 0.15) is 33.9 Å². The molecule has 7 nitrogen and oxygen atoms in total. The number of hydrogen-bond acceptors (Lipinski definition) is 5. The van der Waals surface area contributed by atoms with Crippen LogP contribution < -0.4 is 10.2 Å². The van der Waals surface area contributed by atoms with Crippen molar-refractivity contribution in [3.05, 3.63) is 94.6 Å². The summed E-state index contributed by atoms with van der Waals surface area (Å²) in [6, 6.07) is 21.4. The van der Waals surface area contributed by atoms with Gasteiger partial charge in [-0.25, -0.2) is 4.98 Å². The Hall–Kier alpha value is -3.89. The maximum Gasteiger partial charge on any atom is 0.253 e. The van der Waals surface area contributed by atoms with E-state index in [1.165, 1.54) is 0 Å². The second kappa shape index (κ2) is 10.8. The Morgan fingerprint density at radius 1 is 1.03 bits per heavy atom. The highest BCUT2D eigenvalue weighted by Gasteiger charge is 2.26. The minimum atomic E-state index is -0.482. The summed E-state index contributed by atoms with van der Waals surface area (Å²) < 4.78 is 0. The van der Waals surface area contributed by atoms with Crippen molar-refractivity contribution < 1.29 is 9.59 Å². The highest BCUT2D eigenvalue weighted by Crippen LogP contribution is 2.22. The Bertz CT molecular complexity index is 1200. The monoisotopic (exact) mass is 473 g/mol. The van der Waals surface area contributed by atoms with Gasteiger partial charge in [-0.3, -0.25) is 9.59 Å². The van der Waals surface area contributed by atoms with Gasteiger partial charge in [-0.05, 0) is 29.8 Å². The molecular formula is C26H24ClN5O2. The molecule has 8 heteroatoms. The van der Waals surface area contributed by atoms with Gasteiger partial charge in [-0.15, -0.1) is 0 Å². The van der Waals surface area contributed by atoms with Crippen LogP contribution in [0.25, 0.3) is 0 Å². The van der Waals surface area contributed by atoms with E-state index in [2.05, 4.69) is 21.3 Å². The van der Waals surface area contributed by atoms with Crippen molar-refractivity contribution in [3.63, 3.8) is 0 Å². The summed E-state index contributed by atoms with van der Waals surface area (Å²) in [4.78, 5) is 34.3. The predicted octanol–water partition coefficient (Wildman–Crippen LogP) is 3.82. The smallest absolute Gasteiger partial charge is 0.253 e. The number of anilines is 1. The number of piperazine rings is 1. The minimum absolute atomic E-state index is 0.0355. The zero-order valence-corrected chi connectivity index (χ0v) is 19.3. The van der Waals surface area contributed by atoms with Gasteiger partial charge >= 0.3 is 0 Å². The molecule has 2 heterocycles. The van der Waals surface area contributed by atoms with Crippen molar-refractivity contribution in [2.75, 3.05) is 31.1 Å². The highest BCUT2D eigenvalue weighted by molar-refractivity contribution is 6.33. The topological polar surface area (TPSA) is 89.3 Å². The van der Waals surface area contributed by atoms with Gasteiger partial charge in [0.25, 0.3) is 5.91 Å². The maximum absolute atomic E-state index is 13.2. The summed E-state index contributed by atoms with van der Waals surface area (Å²) in [5, 5.41) is 12.5. The molecular weight excluding hydrogens is 450 g/mol. The van der Waals surface area contributed by atoms with E-state index in [-0.39, 0.29) is 18.2 Å². The van der Waals surface area contributed by atoms with Gasteiger partial charge in [0.15, 0.2) is 0 Å². The normalized spacial score (nSPS) is 14.2. The van der Waals surface area contributed by atoms with E-state index in [1.54, 1.807) is 42.6 Å². The summed E-state index contributed by atoms with van der Waals surface area (Å²) >= 11 is 6.20. The molecule has 34 heavy (non-hydrogen) atoms. The number of nitrogens with one attached hydrogen (secondary N) is 1. The number of aromatic nitrogens is 1. The third-order valence-electron chi connectivity index (χ3n) is 5.84. The predicted molar refractivity (Wildman–Crippen MR) is 130 cm³/mol. The number of halogens is 1. The summed E-state index contributed by atoms with van der Waals surface area (Å²) in [6.07, 6.45) is 1.76. The molecule has 172 valence electrons. The second-order valence-corrected chi connectivity index (χ2v) is 8.41. The van der Waals surface area contributed by atoms with Crippen molar-refractivity contribution in [2.45, 2.75) is 12.5 Å². The summed E-state index contributed by atoms with van der Waals surface area (Å²) in [5.74, 6) is 0.382. The summed E-state index contributed by atoms with van der Waals surface area (Å²) in [6.45, 7) is 2.32. The molecule has 1 aliphatic heterocycles. The van der Waals surface area contributed by atoms with Crippen LogP contribution in [0.15, 0.2) is 72.9 Å². The van der Waals surface area contributed by atoms with Crippen molar-refractivity contribution in [1.29, 1.82) is 5.26 Å². The van der Waals surface area contributed by atoms with Crippen molar-refractivity contribution in [1.82, 2.24) is 15.2 Å². The first-order valence-corrected chi connectivity index (χ1v) is 11.4. The molecule has 4 rings (SSSR count). The quantitative estimate of drug-likeness (QED) is 0.588.